The third kappa shape index (κ3) is 3.44. The largest absolute Gasteiger partial charge is 0.467 e. The van der Waals surface area contributed by atoms with Crippen LogP contribution in [0, 0.1) is 5.92 Å². The molecule has 1 amide bonds. The Morgan fingerprint density at radius 2 is 2.00 bits per heavy atom. The Morgan fingerprint density at radius 3 is 2.31 bits per heavy atom. The fourth-order valence-electron chi connectivity index (χ4n) is 1.36. The van der Waals surface area contributed by atoms with Crippen LogP contribution in [0.4, 0.5) is 0 Å². The Bertz CT molecular complexity index is 166. The summed E-state index contributed by atoms with van der Waals surface area (Å²) in [6.07, 6.45) is 2.23. The normalized spacial score (nSPS) is 12.3. The van der Waals surface area contributed by atoms with E-state index in [1.54, 1.807) is 0 Å². The summed E-state index contributed by atoms with van der Waals surface area (Å²) in [4.78, 5) is 21.5. The third-order valence-electron chi connectivity index (χ3n) is 2.22. The van der Waals surface area contributed by atoms with Gasteiger partial charge in [-0.05, 0) is 5.92 Å². The van der Waals surface area contributed by atoms with Crippen LogP contribution in [0.1, 0.15) is 26.7 Å². The highest BCUT2D eigenvalue weighted by molar-refractivity contribution is 5.78. The lowest BCUT2D eigenvalue weighted by molar-refractivity contribution is -0.145. The second-order valence-electron chi connectivity index (χ2n) is 2.86. The van der Waals surface area contributed by atoms with Crippen LogP contribution in [0.5, 0.6) is 0 Å². The molecule has 0 saturated heterocycles. The maximum absolute atomic E-state index is 11.2. The van der Waals surface area contributed by atoms with Gasteiger partial charge in [0.25, 0.3) is 0 Å². The van der Waals surface area contributed by atoms with Crippen molar-refractivity contribution in [3.05, 3.63) is 0 Å². The summed E-state index contributed by atoms with van der Waals surface area (Å²) < 4.78 is 4.59. The fourth-order valence-corrected chi connectivity index (χ4v) is 1.36. The van der Waals surface area contributed by atoms with E-state index < -0.39 is 6.04 Å². The smallest absolute Gasteiger partial charge is 0.328 e. The molecule has 76 valence electrons. The van der Waals surface area contributed by atoms with E-state index in [1.807, 2.05) is 13.8 Å². The molecule has 0 saturated carbocycles. The molecule has 0 radical (unpaired) electrons. The van der Waals surface area contributed by atoms with Crippen LogP contribution < -0.4 is 5.32 Å². The molecule has 0 rings (SSSR count). The lowest BCUT2D eigenvalue weighted by atomic mass is 9.94. The zero-order chi connectivity index (χ0) is 10.3. The van der Waals surface area contributed by atoms with E-state index in [-0.39, 0.29) is 11.9 Å². The van der Waals surface area contributed by atoms with Gasteiger partial charge in [0.15, 0.2) is 0 Å². The number of nitrogens with one attached hydrogen (secondary N) is 1. The molecule has 1 N–H and O–H groups in total. The van der Waals surface area contributed by atoms with Gasteiger partial charge in [-0.25, -0.2) is 4.79 Å². The Morgan fingerprint density at radius 1 is 1.46 bits per heavy atom. The van der Waals surface area contributed by atoms with Crippen LogP contribution in [-0.2, 0) is 14.3 Å². The number of ether oxygens (including phenoxy) is 1. The SMILES string of the molecule is CCC(CC)C(NC=O)C(=O)OC. The Labute approximate surface area is 78.6 Å². The summed E-state index contributed by atoms with van der Waals surface area (Å²) in [5, 5.41) is 2.48. The minimum absolute atomic E-state index is 0.151. The lowest BCUT2D eigenvalue weighted by Crippen LogP contribution is -2.42. The van der Waals surface area contributed by atoms with E-state index in [0.717, 1.165) is 12.8 Å². The number of carbonyl (C=O) groups excluding carboxylic acids is 2. The fraction of sp³-hybridized carbons (Fsp3) is 0.778. The zero-order valence-corrected chi connectivity index (χ0v) is 8.37. The van der Waals surface area contributed by atoms with E-state index in [9.17, 15) is 9.59 Å². The van der Waals surface area contributed by atoms with Crippen LogP contribution in [0.15, 0.2) is 0 Å². The molecule has 13 heavy (non-hydrogen) atoms. The minimum Gasteiger partial charge on any atom is -0.467 e. The molecule has 0 aliphatic heterocycles. The summed E-state index contributed by atoms with van der Waals surface area (Å²) in [6.45, 7) is 3.97. The molecule has 0 aromatic heterocycles. The van der Waals surface area contributed by atoms with E-state index in [2.05, 4.69) is 10.1 Å². The third-order valence-corrected chi connectivity index (χ3v) is 2.22. The number of rotatable bonds is 6. The van der Waals surface area contributed by atoms with Gasteiger partial charge in [-0.1, -0.05) is 26.7 Å². The highest BCUT2D eigenvalue weighted by Gasteiger charge is 2.25. The van der Waals surface area contributed by atoms with Crippen molar-refractivity contribution in [1.29, 1.82) is 0 Å². The molecule has 0 aliphatic rings. The molecule has 0 heterocycles. The van der Waals surface area contributed by atoms with Crippen molar-refractivity contribution < 1.29 is 14.3 Å². The van der Waals surface area contributed by atoms with Gasteiger partial charge in [-0.3, -0.25) is 4.79 Å². The number of methoxy groups -OCH3 is 1. The van der Waals surface area contributed by atoms with Crippen LogP contribution in [0.25, 0.3) is 0 Å². The van der Waals surface area contributed by atoms with Gasteiger partial charge in [0, 0.05) is 0 Å². The lowest BCUT2D eigenvalue weighted by Gasteiger charge is -2.21. The van der Waals surface area contributed by atoms with E-state index in [4.69, 9.17) is 0 Å². The van der Waals surface area contributed by atoms with Crippen molar-refractivity contribution in [2.24, 2.45) is 5.92 Å². The molecule has 4 nitrogen and oxygen atoms in total. The monoisotopic (exact) mass is 187 g/mol. The van der Waals surface area contributed by atoms with Crippen LogP contribution in [0.3, 0.4) is 0 Å². The number of hydrogen-bond donors (Lipinski definition) is 1. The summed E-state index contributed by atoms with van der Waals surface area (Å²) in [7, 11) is 1.32. The van der Waals surface area contributed by atoms with Crippen molar-refractivity contribution >= 4 is 12.4 Å². The van der Waals surface area contributed by atoms with E-state index in [0.29, 0.717) is 6.41 Å². The van der Waals surface area contributed by atoms with Gasteiger partial charge < -0.3 is 10.1 Å². The average Bonchev–Trinajstić information content (AvgIpc) is 2.17. The molecular weight excluding hydrogens is 170 g/mol. The first kappa shape index (κ1) is 11.9. The van der Waals surface area contributed by atoms with Gasteiger partial charge >= 0.3 is 5.97 Å². The second kappa shape index (κ2) is 6.46. The van der Waals surface area contributed by atoms with Crippen molar-refractivity contribution in [3.63, 3.8) is 0 Å². The van der Waals surface area contributed by atoms with Gasteiger partial charge in [0.1, 0.15) is 6.04 Å². The number of hydrogen-bond acceptors (Lipinski definition) is 3. The predicted octanol–water partition coefficient (Wildman–Crippen LogP) is 0.710. The van der Waals surface area contributed by atoms with Gasteiger partial charge in [-0.2, -0.15) is 0 Å². The molecule has 0 bridgehead atoms. The molecule has 0 aromatic carbocycles. The first-order valence-corrected chi connectivity index (χ1v) is 4.48. The Kier molecular flexibility index (Phi) is 5.93. The first-order chi connectivity index (χ1) is 6.21. The molecule has 1 atom stereocenters. The molecule has 4 heteroatoms. The summed E-state index contributed by atoms with van der Waals surface area (Å²) >= 11 is 0. The van der Waals surface area contributed by atoms with Crippen LogP contribution in [-0.4, -0.2) is 25.5 Å². The number of esters is 1. The molecule has 0 aliphatic carbocycles. The molecule has 0 fully saturated rings. The summed E-state index contributed by atoms with van der Waals surface area (Å²) in [5.41, 5.74) is 0. The predicted molar refractivity (Wildman–Crippen MR) is 49.1 cm³/mol. The number of amides is 1. The first-order valence-electron chi connectivity index (χ1n) is 4.48. The molecule has 0 spiro atoms. The zero-order valence-electron chi connectivity index (χ0n) is 8.37. The Balaban J connectivity index is 4.36. The van der Waals surface area contributed by atoms with Gasteiger partial charge in [0.05, 0.1) is 7.11 Å². The van der Waals surface area contributed by atoms with E-state index >= 15 is 0 Å². The van der Waals surface area contributed by atoms with Gasteiger partial charge in [0.2, 0.25) is 6.41 Å². The standard InChI is InChI=1S/C9H17NO3/c1-4-7(5-2)8(10-6-11)9(12)13-3/h6-8H,4-5H2,1-3H3,(H,10,11). The quantitative estimate of drug-likeness (QED) is 0.492. The number of carbonyl (C=O) groups is 2. The highest BCUT2D eigenvalue weighted by Crippen LogP contribution is 2.13. The van der Waals surface area contributed by atoms with Crippen molar-refractivity contribution in [3.8, 4) is 0 Å². The second-order valence-corrected chi connectivity index (χ2v) is 2.86. The van der Waals surface area contributed by atoms with Crippen LogP contribution in [0.2, 0.25) is 0 Å². The average molecular weight is 187 g/mol. The maximum atomic E-state index is 11.2. The minimum atomic E-state index is -0.502. The molecule has 0 aromatic rings. The van der Waals surface area contributed by atoms with E-state index in [1.165, 1.54) is 7.11 Å². The van der Waals surface area contributed by atoms with Crippen LogP contribution >= 0.6 is 0 Å². The molecule has 1 unspecified atom stereocenters. The highest BCUT2D eigenvalue weighted by atomic mass is 16.5. The topological polar surface area (TPSA) is 55.4 Å². The summed E-state index contributed by atoms with van der Waals surface area (Å²) in [5.74, 6) is -0.224. The summed E-state index contributed by atoms with van der Waals surface area (Å²) in [6, 6.07) is -0.502. The molecular formula is C9H17NO3. The van der Waals surface area contributed by atoms with Crippen molar-refractivity contribution in [2.75, 3.05) is 7.11 Å². The van der Waals surface area contributed by atoms with Crippen molar-refractivity contribution in [2.45, 2.75) is 32.7 Å². The van der Waals surface area contributed by atoms with Crippen molar-refractivity contribution in [1.82, 2.24) is 5.32 Å². The van der Waals surface area contributed by atoms with Gasteiger partial charge in [-0.15, -0.1) is 0 Å². The Hall–Kier alpha value is -1.06. The maximum Gasteiger partial charge on any atom is 0.328 e.